The maximum absolute atomic E-state index is 11.6. The molecule has 0 aromatic heterocycles. The minimum Gasteiger partial charge on any atom is -0.445 e. The fourth-order valence-corrected chi connectivity index (χ4v) is 2.16. The summed E-state index contributed by atoms with van der Waals surface area (Å²) >= 11 is 0. The molecule has 0 unspecified atom stereocenters. The van der Waals surface area contributed by atoms with E-state index in [1.54, 1.807) is 0 Å². The zero-order valence-corrected chi connectivity index (χ0v) is 14.2. The summed E-state index contributed by atoms with van der Waals surface area (Å²) in [6.45, 7) is 0.845. The van der Waals surface area contributed by atoms with Gasteiger partial charge in [-0.05, 0) is 29.7 Å². The van der Waals surface area contributed by atoms with Gasteiger partial charge in [0.25, 0.3) is 0 Å². The molecular weight excluding hydrogens is 300 g/mol. The van der Waals surface area contributed by atoms with Crippen LogP contribution in [0.5, 0.6) is 0 Å². The maximum atomic E-state index is 11.6. The minimum atomic E-state index is -0.387. The summed E-state index contributed by atoms with van der Waals surface area (Å²) in [6.07, 6.45) is 4.48. The lowest BCUT2D eigenvalue weighted by molar-refractivity contribution is 0.140. The number of hydrogen-bond donors (Lipinski definition) is 1. The van der Waals surface area contributed by atoms with E-state index in [9.17, 15) is 4.79 Å². The van der Waals surface area contributed by atoms with Crippen molar-refractivity contribution < 1.29 is 9.53 Å². The Kier molecular flexibility index (Phi) is 6.90. The van der Waals surface area contributed by atoms with Gasteiger partial charge in [0.2, 0.25) is 0 Å². The van der Waals surface area contributed by atoms with E-state index in [0.29, 0.717) is 13.2 Å². The molecule has 0 heterocycles. The molecule has 4 nitrogen and oxygen atoms in total. The van der Waals surface area contributed by atoms with Gasteiger partial charge in [-0.1, -0.05) is 54.6 Å². The molecule has 2 aromatic rings. The van der Waals surface area contributed by atoms with Gasteiger partial charge in [0.05, 0.1) is 0 Å². The van der Waals surface area contributed by atoms with Crippen molar-refractivity contribution in [2.75, 3.05) is 25.5 Å². The smallest absolute Gasteiger partial charge is 0.407 e. The van der Waals surface area contributed by atoms with Crippen LogP contribution < -0.4 is 10.2 Å². The Morgan fingerprint density at radius 3 is 2.67 bits per heavy atom. The lowest BCUT2D eigenvalue weighted by Crippen LogP contribution is -2.24. The van der Waals surface area contributed by atoms with E-state index in [-0.39, 0.29) is 6.09 Å². The SMILES string of the molecule is CN(C)c1cccc(C=CCCNC(=O)OCc2ccccc2)c1. The molecule has 2 aromatic carbocycles. The lowest BCUT2D eigenvalue weighted by atomic mass is 10.1. The number of nitrogens with one attached hydrogen (secondary N) is 1. The van der Waals surface area contributed by atoms with E-state index in [1.807, 2.05) is 56.6 Å². The maximum Gasteiger partial charge on any atom is 0.407 e. The van der Waals surface area contributed by atoms with Crippen LogP contribution in [-0.4, -0.2) is 26.7 Å². The summed E-state index contributed by atoms with van der Waals surface area (Å²) in [6, 6.07) is 17.9. The number of carbonyl (C=O) groups is 1. The van der Waals surface area contributed by atoms with Gasteiger partial charge in [-0.15, -0.1) is 0 Å². The van der Waals surface area contributed by atoms with Gasteiger partial charge in [-0.25, -0.2) is 4.79 Å². The third-order valence-electron chi connectivity index (χ3n) is 3.49. The first kappa shape index (κ1) is 17.6. The summed E-state index contributed by atoms with van der Waals surface area (Å²) in [4.78, 5) is 13.7. The van der Waals surface area contributed by atoms with Crippen LogP contribution in [0.2, 0.25) is 0 Å². The summed E-state index contributed by atoms with van der Waals surface area (Å²) in [5.74, 6) is 0. The highest BCUT2D eigenvalue weighted by atomic mass is 16.5. The van der Waals surface area contributed by atoms with E-state index < -0.39 is 0 Å². The van der Waals surface area contributed by atoms with Crippen molar-refractivity contribution in [3.8, 4) is 0 Å². The average molecular weight is 324 g/mol. The van der Waals surface area contributed by atoms with Gasteiger partial charge in [0, 0.05) is 26.3 Å². The Bertz CT molecular complexity index is 666. The number of alkyl carbamates (subject to hydrolysis) is 1. The summed E-state index contributed by atoms with van der Waals surface area (Å²) in [5.41, 5.74) is 3.29. The minimum absolute atomic E-state index is 0.292. The second-order valence-corrected chi connectivity index (χ2v) is 5.67. The van der Waals surface area contributed by atoms with Crippen molar-refractivity contribution in [3.05, 3.63) is 71.8 Å². The third-order valence-corrected chi connectivity index (χ3v) is 3.49. The molecule has 0 spiro atoms. The highest BCUT2D eigenvalue weighted by Gasteiger charge is 2.00. The Morgan fingerprint density at radius 2 is 1.92 bits per heavy atom. The number of benzene rings is 2. The van der Waals surface area contributed by atoms with Crippen LogP contribution in [0.25, 0.3) is 6.08 Å². The molecule has 0 saturated carbocycles. The van der Waals surface area contributed by atoms with Crippen molar-refractivity contribution in [3.63, 3.8) is 0 Å². The fraction of sp³-hybridized carbons (Fsp3) is 0.250. The van der Waals surface area contributed by atoms with Gasteiger partial charge < -0.3 is 15.0 Å². The van der Waals surface area contributed by atoms with E-state index >= 15 is 0 Å². The number of rotatable bonds is 7. The zero-order chi connectivity index (χ0) is 17.2. The van der Waals surface area contributed by atoms with Crippen LogP contribution in [0, 0.1) is 0 Å². The van der Waals surface area contributed by atoms with Crippen LogP contribution >= 0.6 is 0 Å². The monoisotopic (exact) mass is 324 g/mol. The summed E-state index contributed by atoms with van der Waals surface area (Å²) in [7, 11) is 4.04. The first-order chi connectivity index (χ1) is 11.6. The van der Waals surface area contributed by atoms with Gasteiger partial charge in [-0.3, -0.25) is 0 Å². The number of amides is 1. The third kappa shape index (κ3) is 6.16. The predicted molar refractivity (Wildman–Crippen MR) is 99.0 cm³/mol. The molecule has 1 N–H and O–H groups in total. The van der Waals surface area contributed by atoms with Gasteiger partial charge in [-0.2, -0.15) is 0 Å². The van der Waals surface area contributed by atoms with Crippen LogP contribution in [-0.2, 0) is 11.3 Å². The lowest BCUT2D eigenvalue weighted by Gasteiger charge is -2.12. The van der Waals surface area contributed by atoms with Crippen LogP contribution in [0.4, 0.5) is 10.5 Å². The van der Waals surface area contributed by atoms with Crippen molar-refractivity contribution in [2.45, 2.75) is 13.0 Å². The predicted octanol–water partition coefficient (Wildman–Crippen LogP) is 4.08. The van der Waals surface area contributed by atoms with E-state index in [1.165, 1.54) is 5.69 Å². The highest BCUT2D eigenvalue weighted by molar-refractivity contribution is 5.67. The van der Waals surface area contributed by atoms with Gasteiger partial charge in [0.15, 0.2) is 0 Å². The largest absolute Gasteiger partial charge is 0.445 e. The fourth-order valence-electron chi connectivity index (χ4n) is 2.16. The van der Waals surface area contributed by atoms with Crippen LogP contribution in [0.3, 0.4) is 0 Å². The van der Waals surface area contributed by atoms with Gasteiger partial charge >= 0.3 is 6.09 Å². The van der Waals surface area contributed by atoms with Crippen molar-refractivity contribution >= 4 is 17.9 Å². The molecule has 0 radical (unpaired) electrons. The van der Waals surface area contributed by atoms with Crippen LogP contribution in [0.1, 0.15) is 17.5 Å². The quantitative estimate of drug-likeness (QED) is 0.780. The molecule has 4 heteroatoms. The topological polar surface area (TPSA) is 41.6 Å². The van der Waals surface area contributed by atoms with Crippen molar-refractivity contribution in [2.24, 2.45) is 0 Å². The number of anilines is 1. The summed E-state index contributed by atoms with van der Waals surface area (Å²) < 4.78 is 5.16. The molecule has 0 aliphatic heterocycles. The normalized spacial score (nSPS) is 10.6. The molecule has 24 heavy (non-hydrogen) atoms. The Morgan fingerprint density at radius 1 is 1.12 bits per heavy atom. The second-order valence-electron chi connectivity index (χ2n) is 5.67. The van der Waals surface area contributed by atoms with Crippen molar-refractivity contribution in [1.29, 1.82) is 0 Å². The first-order valence-corrected chi connectivity index (χ1v) is 8.03. The summed E-state index contributed by atoms with van der Waals surface area (Å²) in [5, 5.41) is 2.75. The standard InChI is InChI=1S/C20H24N2O2/c1-22(2)19-13-8-12-17(15-19)9-6-7-14-21-20(23)24-16-18-10-4-3-5-11-18/h3-6,8-13,15H,7,14,16H2,1-2H3,(H,21,23). The second kappa shape index (κ2) is 9.40. The molecule has 0 bridgehead atoms. The van der Waals surface area contributed by atoms with E-state index in [0.717, 1.165) is 17.5 Å². The number of carbonyl (C=O) groups excluding carboxylic acids is 1. The van der Waals surface area contributed by atoms with Crippen LogP contribution in [0.15, 0.2) is 60.7 Å². The highest BCUT2D eigenvalue weighted by Crippen LogP contribution is 2.14. The zero-order valence-electron chi connectivity index (χ0n) is 14.2. The average Bonchev–Trinajstić information content (AvgIpc) is 2.61. The molecule has 0 aliphatic rings. The number of hydrogen-bond acceptors (Lipinski definition) is 3. The molecule has 0 fully saturated rings. The van der Waals surface area contributed by atoms with Crippen molar-refractivity contribution in [1.82, 2.24) is 5.32 Å². The van der Waals surface area contributed by atoms with E-state index in [2.05, 4.69) is 34.5 Å². The molecule has 0 atom stereocenters. The molecule has 0 aliphatic carbocycles. The van der Waals surface area contributed by atoms with Gasteiger partial charge in [0.1, 0.15) is 6.61 Å². The number of nitrogens with zero attached hydrogens (tertiary/aromatic N) is 1. The van der Waals surface area contributed by atoms with E-state index in [4.69, 9.17) is 4.74 Å². The number of ether oxygens (including phenoxy) is 1. The molecule has 0 saturated heterocycles. The Hall–Kier alpha value is -2.75. The Labute approximate surface area is 143 Å². The molecule has 2 rings (SSSR count). The Balaban J connectivity index is 1.67. The molecule has 126 valence electrons. The molecule has 1 amide bonds. The first-order valence-electron chi connectivity index (χ1n) is 8.03. The molecular formula is C20H24N2O2.